The Labute approximate surface area is 103 Å². The zero-order valence-electron chi connectivity index (χ0n) is 9.45. The summed E-state index contributed by atoms with van der Waals surface area (Å²) in [5.41, 5.74) is 0.642. The van der Waals surface area contributed by atoms with Crippen LogP contribution in [0.1, 0.15) is 5.56 Å². The summed E-state index contributed by atoms with van der Waals surface area (Å²) < 4.78 is 18.2. The maximum Gasteiger partial charge on any atom is 0.321 e. The Morgan fingerprint density at radius 3 is 2.50 bits per heavy atom. The molecule has 0 bridgehead atoms. The van der Waals surface area contributed by atoms with Crippen LogP contribution < -0.4 is 4.74 Å². The van der Waals surface area contributed by atoms with Crippen LogP contribution in [0.4, 0.5) is 4.39 Å². The van der Waals surface area contributed by atoms with Crippen molar-refractivity contribution in [2.24, 2.45) is 0 Å². The molecule has 0 radical (unpaired) electrons. The molecule has 18 heavy (non-hydrogen) atoms. The number of aliphatic hydroxyl groups is 1. The van der Waals surface area contributed by atoms with Crippen LogP contribution in [0.25, 0.3) is 6.08 Å². The van der Waals surface area contributed by atoms with Gasteiger partial charge in [-0.25, -0.2) is 14.4 Å². The Kier molecular flexibility index (Phi) is 3.98. The minimum atomic E-state index is -0.601. The van der Waals surface area contributed by atoms with E-state index in [1.54, 1.807) is 42.7 Å². The summed E-state index contributed by atoms with van der Waals surface area (Å²) in [7, 11) is 0. The normalized spacial score (nSPS) is 11.3. The molecule has 0 atom stereocenters. The Bertz CT molecular complexity index is 526. The van der Waals surface area contributed by atoms with Crippen LogP contribution in [0, 0.1) is 0 Å². The third-order valence-corrected chi connectivity index (χ3v) is 2.11. The first-order chi connectivity index (χ1) is 8.78. The first kappa shape index (κ1) is 12.2. The molecule has 0 unspecified atom stereocenters. The average molecular weight is 246 g/mol. The number of halogens is 1. The monoisotopic (exact) mass is 246 g/mol. The Balaban J connectivity index is 2.09. The molecular weight excluding hydrogens is 235 g/mol. The maximum absolute atomic E-state index is 12.8. The molecule has 0 spiro atoms. The van der Waals surface area contributed by atoms with Gasteiger partial charge < -0.3 is 9.84 Å². The molecule has 0 aliphatic carbocycles. The highest BCUT2D eigenvalue weighted by Gasteiger charge is 1.99. The molecule has 2 aromatic rings. The van der Waals surface area contributed by atoms with Gasteiger partial charge >= 0.3 is 6.01 Å². The second-order valence-electron chi connectivity index (χ2n) is 3.45. The second kappa shape index (κ2) is 5.88. The van der Waals surface area contributed by atoms with Crippen LogP contribution in [-0.4, -0.2) is 21.7 Å². The van der Waals surface area contributed by atoms with Crippen molar-refractivity contribution >= 4 is 6.08 Å². The van der Waals surface area contributed by atoms with Crippen LogP contribution in [0.5, 0.6) is 11.8 Å². The standard InChI is InChI=1S/C13H11FN2O2/c14-11(9-17)8-10-2-4-12(5-3-10)18-13-15-6-1-7-16-13/h1-8,17H,9H2. The van der Waals surface area contributed by atoms with Gasteiger partial charge in [-0.2, -0.15) is 0 Å². The van der Waals surface area contributed by atoms with Crippen molar-refractivity contribution < 1.29 is 14.2 Å². The summed E-state index contributed by atoms with van der Waals surface area (Å²) in [5.74, 6) is -0.0298. The molecule has 1 N–H and O–H groups in total. The Morgan fingerprint density at radius 2 is 1.89 bits per heavy atom. The predicted octanol–water partition coefficient (Wildman–Crippen LogP) is 2.57. The molecule has 5 heteroatoms. The molecular formula is C13H11FN2O2. The van der Waals surface area contributed by atoms with Crippen molar-refractivity contribution in [2.75, 3.05) is 6.61 Å². The number of ether oxygens (including phenoxy) is 1. The number of rotatable bonds is 4. The summed E-state index contributed by atoms with van der Waals surface area (Å²) in [6.07, 6.45) is 4.41. The van der Waals surface area contributed by atoms with Gasteiger partial charge in [-0.1, -0.05) is 12.1 Å². The highest BCUT2D eigenvalue weighted by molar-refractivity contribution is 5.52. The minimum absolute atomic E-state index is 0.252. The third kappa shape index (κ3) is 3.36. The quantitative estimate of drug-likeness (QED) is 0.900. The minimum Gasteiger partial charge on any atom is -0.424 e. The van der Waals surface area contributed by atoms with Crippen molar-refractivity contribution in [2.45, 2.75) is 0 Å². The van der Waals surface area contributed by atoms with E-state index in [4.69, 9.17) is 9.84 Å². The molecule has 1 heterocycles. The van der Waals surface area contributed by atoms with Gasteiger partial charge in [0.05, 0.1) is 6.61 Å². The molecule has 2 rings (SSSR count). The van der Waals surface area contributed by atoms with E-state index in [0.717, 1.165) is 0 Å². The lowest BCUT2D eigenvalue weighted by Crippen LogP contribution is -1.90. The van der Waals surface area contributed by atoms with Crippen molar-refractivity contribution in [3.8, 4) is 11.8 Å². The molecule has 0 amide bonds. The van der Waals surface area contributed by atoms with E-state index >= 15 is 0 Å². The van der Waals surface area contributed by atoms with E-state index in [1.807, 2.05) is 0 Å². The highest BCUT2D eigenvalue weighted by atomic mass is 19.1. The van der Waals surface area contributed by atoms with Crippen LogP contribution in [0.2, 0.25) is 0 Å². The third-order valence-electron chi connectivity index (χ3n) is 2.11. The fourth-order valence-corrected chi connectivity index (χ4v) is 1.30. The van der Waals surface area contributed by atoms with Crippen LogP contribution >= 0.6 is 0 Å². The van der Waals surface area contributed by atoms with Gasteiger partial charge in [0.15, 0.2) is 0 Å². The SMILES string of the molecule is OCC(F)=Cc1ccc(Oc2ncccn2)cc1. The molecule has 1 aromatic heterocycles. The Hall–Kier alpha value is -2.27. The number of hydrogen-bond donors (Lipinski definition) is 1. The number of hydrogen-bond acceptors (Lipinski definition) is 4. The lowest BCUT2D eigenvalue weighted by molar-refractivity contribution is 0.300. The summed E-state index contributed by atoms with van der Waals surface area (Å²) in [6.45, 7) is -0.601. The van der Waals surface area contributed by atoms with Crippen molar-refractivity contribution in [1.82, 2.24) is 9.97 Å². The predicted molar refractivity (Wildman–Crippen MR) is 64.7 cm³/mol. The number of aliphatic hydroxyl groups excluding tert-OH is 1. The second-order valence-corrected chi connectivity index (χ2v) is 3.45. The molecule has 92 valence electrons. The lowest BCUT2D eigenvalue weighted by Gasteiger charge is -2.03. The largest absolute Gasteiger partial charge is 0.424 e. The summed E-state index contributed by atoms with van der Waals surface area (Å²) in [4.78, 5) is 7.84. The molecule has 0 saturated heterocycles. The maximum atomic E-state index is 12.8. The Morgan fingerprint density at radius 1 is 1.22 bits per heavy atom. The molecule has 0 saturated carbocycles. The van der Waals surface area contributed by atoms with Crippen LogP contribution in [-0.2, 0) is 0 Å². The van der Waals surface area contributed by atoms with Crippen molar-refractivity contribution in [1.29, 1.82) is 0 Å². The van der Waals surface area contributed by atoms with E-state index in [0.29, 0.717) is 11.3 Å². The smallest absolute Gasteiger partial charge is 0.321 e. The molecule has 0 aliphatic rings. The molecule has 0 fully saturated rings. The van der Waals surface area contributed by atoms with Crippen LogP contribution in [0.15, 0.2) is 48.6 Å². The lowest BCUT2D eigenvalue weighted by atomic mass is 10.2. The van der Waals surface area contributed by atoms with E-state index in [-0.39, 0.29) is 6.01 Å². The van der Waals surface area contributed by atoms with Crippen molar-refractivity contribution in [3.05, 3.63) is 54.1 Å². The first-order valence-electron chi connectivity index (χ1n) is 5.30. The fourth-order valence-electron chi connectivity index (χ4n) is 1.30. The summed E-state index contributed by atoms with van der Waals surface area (Å²) in [5, 5.41) is 8.56. The van der Waals surface area contributed by atoms with Gasteiger partial charge in [0.25, 0.3) is 0 Å². The summed E-state index contributed by atoms with van der Waals surface area (Å²) in [6, 6.07) is 8.64. The van der Waals surface area contributed by atoms with Gasteiger partial charge in [0.1, 0.15) is 11.6 Å². The zero-order valence-corrected chi connectivity index (χ0v) is 9.45. The van der Waals surface area contributed by atoms with Crippen molar-refractivity contribution in [3.63, 3.8) is 0 Å². The molecule has 0 aliphatic heterocycles. The van der Waals surface area contributed by atoms with Gasteiger partial charge in [-0.3, -0.25) is 0 Å². The van der Waals surface area contributed by atoms with E-state index in [1.165, 1.54) is 6.08 Å². The van der Waals surface area contributed by atoms with Gasteiger partial charge in [-0.05, 0) is 29.8 Å². The van der Waals surface area contributed by atoms with E-state index < -0.39 is 12.4 Å². The number of nitrogens with zero attached hydrogens (tertiary/aromatic N) is 2. The summed E-state index contributed by atoms with van der Waals surface area (Å²) >= 11 is 0. The average Bonchev–Trinajstić information content (AvgIpc) is 2.42. The number of benzene rings is 1. The van der Waals surface area contributed by atoms with E-state index in [9.17, 15) is 4.39 Å². The van der Waals surface area contributed by atoms with Gasteiger partial charge in [-0.15, -0.1) is 0 Å². The molecule has 4 nitrogen and oxygen atoms in total. The highest BCUT2D eigenvalue weighted by Crippen LogP contribution is 2.18. The topological polar surface area (TPSA) is 55.2 Å². The fraction of sp³-hybridized carbons (Fsp3) is 0.0769. The molecule has 1 aromatic carbocycles. The number of aromatic nitrogens is 2. The zero-order chi connectivity index (χ0) is 12.8. The van der Waals surface area contributed by atoms with E-state index in [2.05, 4.69) is 9.97 Å². The first-order valence-corrected chi connectivity index (χ1v) is 5.30. The van der Waals surface area contributed by atoms with Gasteiger partial charge in [0, 0.05) is 12.4 Å². The van der Waals surface area contributed by atoms with Gasteiger partial charge in [0.2, 0.25) is 0 Å². The van der Waals surface area contributed by atoms with Crippen LogP contribution in [0.3, 0.4) is 0 Å².